The summed E-state index contributed by atoms with van der Waals surface area (Å²) in [5, 5.41) is 0. The van der Waals surface area contributed by atoms with Crippen molar-refractivity contribution in [3.63, 3.8) is 0 Å². The highest BCUT2D eigenvalue weighted by atomic mass is 32.2. The van der Waals surface area contributed by atoms with Gasteiger partial charge in [-0.05, 0) is 6.92 Å². The number of hydrogen-bond donors (Lipinski definition) is 2. The number of sulfonamides is 1. The minimum absolute atomic E-state index is 0.115. The molecule has 0 aromatic heterocycles. The van der Waals surface area contributed by atoms with Gasteiger partial charge in [0, 0.05) is 13.1 Å². The van der Waals surface area contributed by atoms with Crippen LogP contribution in [-0.2, 0) is 10.0 Å². The van der Waals surface area contributed by atoms with E-state index in [1.807, 2.05) is 0 Å². The summed E-state index contributed by atoms with van der Waals surface area (Å²) in [6, 6.07) is 0. The maximum Gasteiger partial charge on any atom is 0.211 e. The second-order valence-electron chi connectivity index (χ2n) is 1.96. The molecule has 0 radical (unpaired) electrons. The molecule has 0 spiro atoms. The zero-order valence-corrected chi connectivity index (χ0v) is 7.39. The second kappa shape index (κ2) is 5.29. The smallest absolute Gasteiger partial charge is 0.211 e. The van der Waals surface area contributed by atoms with Gasteiger partial charge in [0.2, 0.25) is 10.0 Å². The molecule has 0 fully saturated rings. The van der Waals surface area contributed by atoms with E-state index in [4.69, 9.17) is 5.73 Å². The minimum atomic E-state index is -3.04. The number of nitrogens with one attached hydrogen (secondary N) is 1. The Morgan fingerprint density at radius 1 is 1.45 bits per heavy atom. The normalized spacial score (nSPS) is 12.5. The van der Waals surface area contributed by atoms with Crippen LogP contribution in [0.5, 0.6) is 0 Å². The highest BCUT2D eigenvalue weighted by Crippen LogP contribution is 1.80. The molecule has 0 saturated heterocycles. The Hall–Kier alpha value is -0.390. The lowest BCUT2D eigenvalue weighted by molar-refractivity contribution is 0.587. The molecule has 0 bridgehead atoms. The molecule has 66 valence electrons. The predicted molar refractivity (Wildman–Crippen MR) is 45.7 cm³/mol. The molecule has 11 heavy (non-hydrogen) atoms. The zero-order valence-electron chi connectivity index (χ0n) is 6.58. The summed E-state index contributed by atoms with van der Waals surface area (Å²) in [4.78, 5) is 0. The van der Waals surface area contributed by atoms with Crippen molar-refractivity contribution in [2.24, 2.45) is 5.73 Å². The molecular weight excluding hydrogens is 164 g/mol. The third-order valence-corrected chi connectivity index (χ3v) is 2.47. The summed E-state index contributed by atoms with van der Waals surface area (Å²) < 4.78 is 23.9. The van der Waals surface area contributed by atoms with Gasteiger partial charge >= 0.3 is 0 Å². The van der Waals surface area contributed by atoms with Crippen molar-refractivity contribution in [2.45, 2.75) is 6.92 Å². The highest BCUT2D eigenvalue weighted by molar-refractivity contribution is 7.89. The molecule has 0 heterocycles. The molecule has 0 atom stereocenters. The molecule has 3 N–H and O–H groups in total. The van der Waals surface area contributed by atoms with Crippen LogP contribution in [-0.4, -0.2) is 27.3 Å². The van der Waals surface area contributed by atoms with Crippen molar-refractivity contribution in [1.29, 1.82) is 0 Å². The minimum Gasteiger partial charge on any atom is -0.327 e. The average Bonchev–Trinajstić information content (AvgIpc) is 1.99. The van der Waals surface area contributed by atoms with Gasteiger partial charge in [-0.15, -0.1) is 0 Å². The van der Waals surface area contributed by atoms with Gasteiger partial charge in [0.25, 0.3) is 0 Å². The molecule has 0 aromatic rings. The van der Waals surface area contributed by atoms with E-state index in [1.54, 1.807) is 19.1 Å². The van der Waals surface area contributed by atoms with Crippen LogP contribution in [0.3, 0.4) is 0 Å². The van der Waals surface area contributed by atoms with Crippen LogP contribution in [0.25, 0.3) is 0 Å². The number of nitrogens with two attached hydrogens (primary N) is 1. The first-order chi connectivity index (χ1) is 5.12. The van der Waals surface area contributed by atoms with Crippen LogP contribution in [0.2, 0.25) is 0 Å². The van der Waals surface area contributed by atoms with Gasteiger partial charge in [0.05, 0.1) is 5.75 Å². The van der Waals surface area contributed by atoms with Crippen LogP contribution in [0.4, 0.5) is 0 Å². The lowest BCUT2D eigenvalue weighted by atomic mass is 10.5. The Kier molecular flexibility index (Phi) is 5.10. The van der Waals surface area contributed by atoms with Gasteiger partial charge in [-0.25, -0.2) is 13.1 Å². The molecule has 0 rings (SSSR count). The predicted octanol–water partition coefficient (Wildman–Crippen LogP) is -0.559. The molecule has 0 aliphatic rings. The van der Waals surface area contributed by atoms with Crippen molar-refractivity contribution >= 4 is 10.0 Å². The first-order valence-electron chi connectivity index (χ1n) is 3.44. The van der Waals surface area contributed by atoms with E-state index in [2.05, 4.69) is 4.72 Å². The van der Waals surface area contributed by atoms with E-state index in [-0.39, 0.29) is 5.75 Å². The number of rotatable bonds is 5. The van der Waals surface area contributed by atoms with Crippen molar-refractivity contribution < 1.29 is 8.42 Å². The lowest BCUT2D eigenvalue weighted by Gasteiger charge is -1.98. The molecule has 0 saturated carbocycles. The summed E-state index contributed by atoms with van der Waals surface area (Å²) in [5.74, 6) is 0.115. The van der Waals surface area contributed by atoms with E-state index < -0.39 is 10.0 Å². The summed E-state index contributed by atoms with van der Waals surface area (Å²) in [7, 11) is -3.04. The third-order valence-electron chi connectivity index (χ3n) is 1.10. The van der Waals surface area contributed by atoms with E-state index in [0.29, 0.717) is 13.1 Å². The molecule has 0 amide bonds. The van der Waals surface area contributed by atoms with E-state index in [1.165, 1.54) is 0 Å². The Morgan fingerprint density at radius 2 is 2.09 bits per heavy atom. The average molecular weight is 178 g/mol. The molecule has 0 aromatic carbocycles. The zero-order chi connectivity index (χ0) is 8.74. The Morgan fingerprint density at radius 3 is 2.55 bits per heavy atom. The number of hydrogen-bond acceptors (Lipinski definition) is 3. The highest BCUT2D eigenvalue weighted by Gasteiger charge is 2.01. The van der Waals surface area contributed by atoms with Gasteiger partial charge in [-0.1, -0.05) is 12.2 Å². The first-order valence-corrected chi connectivity index (χ1v) is 5.10. The first kappa shape index (κ1) is 10.6. The maximum atomic E-state index is 10.8. The Bertz CT molecular complexity index is 209. The summed E-state index contributed by atoms with van der Waals surface area (Å²) in [5.41, 5.74) is 5.15. The van der Waals surface area contributed by atoms with Crippen molar-refractivity contribution in [1.82, 2.24) is 4.72 Å². The van der Waals surface area contributed by atoms with Crippen molar-refractivity contribution in [3.8, 4) is 0 Å². The third kappa shape index (κ3) is 6.03. The summed E-state index contributed by atoms with van der Waals surface area (Å²) in [6.07, 6.45) is 3.39. The lowest BCUT2D eigenvalue weighted by Crippen LogP contribution is -2.25. The van der Waals surface area contributed by atoms with Crippen molar-refractivity contribution in [3.05, 3.63) is 12.2 Å². The standard InChI is InChI=1S/C6H14N2O2S/c1-2-11(9,10)8-6-4-3-5-7/h3-4,8H,2,5-7H2,1H3/b4-3+. The molecule has 4 nitrogen and oxygen atoms in total. The molecule has 5 heteroatoms. The SMILES string of the molecule is CCS(=O)(=O)NC/C=C/CN. The Labute approximate surface area is 67.5 Å². The van der Waals surface area contributed by atoms with Crippen LogP contribution >= 0.6 is 0 Å². The van der Waals surface area contributed by atoms with Gasteiger partial charge in [0.1, 0.15) is 0 Å². The molecule has 0 aliphatic carbocycles. The largest absolute Gasteiger partial charge is 0.327 e. The maximum absolute atomic E-state index is 10.8. The molecule has 0 aliphatic heterocycles. The van der Waals surface area contributed by atoms with Crippen LogP contribution < -0.4 is 10.5 Å². The molecular formula is C6H14N2O2S. The van der Waals surface area contributed by atoms with Crippen LogP contribution in [0, 0.1) is 0 Å². The quantitative estimate of drug-likeness (QED) is 0.554. The summed E-state index contributed by atoms with van der Waals surface area (Å²) in [6.45, 7) is 2.36. The van der Waals surface area contributed by atoms with Crippen molar-refractivity contribution in [2.75, 3.05) is 18.8 Å². The molecule has 0 unspecified atom stereocenters. The van der Waals surface area contributed by atoms with E-state index in [9.17, 15) is 8.42 Å². The van der Waals surface area contributed by atoms with Gasteiger partial charge in [-0.2, -0.15) is 0 Å². The van der Waals surface area contributed by atoms with Crippen LogP contribution in [0.1, 0.15) is 6.92 Å². The van der Waals surface area contributed by atoms with Gasteiger partial charge in [0.15, 0.2) is 0 Å². The van der Waals surface area contributed by atoms with E-state index in [0.717, 1.165) is 0 Å². The topological polar surface area (TPSA) is 72.2 Å². The fourth-order valence-electron chi connectivity index (χ4n) is 0.457. The fourth-order valence-corrected chi connectivity index (χ4v) is 1.01. The second-order valence-corrected chi connectivity index (χ2v) is 4.05. The van der Waals surface area contributed by atoms with Gasteiger partial charge < -0.3 is 5.73 Å². The summed E-state index contributed by atoms with van der Waals surface area (Å²) >= 11 is 0. The Balaban J connectivity index is 3.63. The monoisotopic (exact) mass is 178 g/mol. The van der Waals surface area contributed by atoms with Gasteiger partial charge in [-0.3, -0.25) is 0 Å². The fraction of sp³-hybridized carbons (Fsp3) is 0.667. The van der Waals surface area contributed by atoms with Crippen LogP contribution in [0.15, 0.2) is 12.2 Å². The van der Waals surface area contributed by atoms with E-state index >= 15 is 0 Å².